The number of likely N-dealkylation sites (N-methyl/N-ethyl adjacent to an activating group) is 1. The number of aromatic nitrogens is 1. The first-order valence-electron chi connectivity index (χ1n) is 4.89. The van der Waals surface area contributed by atoms with E-state index in [-0.39, 0.29) is 5.97 Å². The van der Waals surface area contributed by atoms with Crippen molar-refractivity contribution >= 4 is 5.97 Å². The zero-order valence-electron chi connectivity index (χ0n) is 9.28. The summed E-state index contributed by atoms with van der Waals surface area (Å²) in [6.07, 6.45) is 3.34. The molecule has 82 valence electrons. The molecular weight excluding hydrogens is 192 g/mol. The minimum atomic E-state index is -0.822. The summed E-state index contributed by atoms with van der Waals surface area (Å²) in [6, 6.07) is 3.65. The van der Waals surface area contributed by atoms with Gasteiger partial charge in [0.05, 0.1) is 7.11 Å². The number of rotatable bonds is 4. The second kappa shape index (κ2) is 4.89. The first-order chi connectivity index (χ1) is 7.15. The van der Waals surface area contributed by atoms with Gasteiger partial charge in [0.2, 0.25) is 0 Å². The highest BCUT2D eigenvalue weighted by Gasteiger charge is 2.35. The number of pyridine rings is 1. The quantitative estimate of drug-likeness (QED) is 0.752. The van der Waals surface area contributed by atoms with Crippen LogP contribution in [-0.4, -0.2) is 24.6 Å². The zero-order chi connectivity index (χ0) is 11.3. The van der Waals surface area contributed by atoms with Gasteiger partial charge in [-0.15, -0.1) is 0 Å². The van der Waals surface area contributed by atoms with Gasteiger partial charge in [0.15, 0.2) is 0 Å². The molecule has 0 aliphatic heterocycles. The van der Waals surface area contributed by atoms with Gasteiger partial charge in [-0.25, -0.2) is 4.79 Å². The molecule has 1 heterocycles. The number of nitrogens with zero attached hydrogens (tertiary/aromatic N) is 1. The van der Waals surface area contributed by atoms with Crippen molar-refractivity contribution in [2.24, 2.45) is 0 Å². The molecule has 0 saturated carbocycles. The van der Waals surface area contributed by atoms with Crippen molar-refractivity contribution in [1.29, 1.82) is 0 Å². The molecule has 0 aliphatic carbocycles. The lowest BCUT2D eigenvalue weighted by Gasteiger charge is -2.27. The number of hydrogen-bond donors (Lipinski definition) is 1. The van der Waals surface area contributed by atoms with Crippen LogP contribution in [0, 0.1) is 0 Å². The summed E-state index contributed by atoms with van der Waals surface area (Å²) in [5.74, 6) is -0.308. The number of hydrogen-bond acceptors (Lipinski definition) is 4. The van der Waals surface area contributed by atoms with Gasteiger partial charge in [-0.1, -0.05) is 13.0 Å². The second-order valence-electron chi connectivity index (χ2n) is 3.39. The molecule has 1 unspecified atom stereocenters. The van der Waals surface area contributed by atoms with Crippen molar-refractivity contribution in [3.8, 4) is 0 Å². The van der Waals surface area contributed by atoms with E-state index < -0.39 is 5.54 Å². The number of carbonyl (C=O) groups excluding carboxylic acids is 1. The molecule has 0 aliphatic rings. The summed E-state index contributed by atoms with van der Waals surface area (Å²) in [6.45, 7) is 4.41. The maximum Gasteiger partial charge on any atom is 0.330 e. The third-order valence-electron chi connectivity index (χ3n) is 2.36. The van der Waals surface area contributed by atoms with Gasteiger partial charge in [-0.3, -0.25) is 10.3 Å². The van der Waals surface area contributed by atoms with E-state index in [2.05, 4.69) is 10.3 Å². The SMILES string of the molecule is CCNC(C)(C(=O)OC)c1cccnc1. The van der Waals surface area contributed by atoms with E-state index in [1.807, 2.05) is 13.0 Å². The van der Waals surface area contributed by atoms with Crippen LogP contribution in [0.3, 0.4) is 0 Å². The summed E-state index contributed by atoms with van der Waals surface area (Å²) in [4.78, 5) is 15.7. The largest absolute Gasteiger partial charge is 0.467 e. The molecule has 0 fully saturated rings. The van der Waals surface area contributed by atoms with Crippen LogP contribution in [-0.2, 0) is 15.1 Å². The van der Waals surface area contributed by atoms with E-state index in [4.69, 9.17) is 4.74 Å². The molecular formula is C11H16N2O2. The van der Waals surface area contributed by atoms with Crippen LogP contribution in [0.5, 0.6) is 0 Å². The lowest BCUT2D eigenvalue weighted by atomic mass is 9.93. The highest BCUT2D eigenvalue weighted by Crippen LogP contribution is 2.20. The van der Waals surface area contributed by atoms with Gasteiger partial charge in [-0.05, 0) is 19.5 Å². The van der Waals surface area contributed by atoms with Crippen molar-refractivity contribution in [3.63, 3.8) is 0 Å². The molecule has 15 heavy (non-hydrogen) atoms. The van der Waals surface area contributed by atoms with Crippen LogP contribution in [0.1, 0.15) is 19.4 Å². The van der Waals surface area contributed by atoms with E-state index in [1.54, 1.807) is 25.4 Å². The maximum absolute atomic E-state index is 11.7. The lowest BCUT2D eigenvalue weighted by molar-refractivity contribution is -0.148. The van der Waals surface area contributed by atoms with Crippen molar-refractivity contribution < 1.29 is 9.53 Å². The van der Waals surface area contributed by atoms with E-state index in [1.165, 1.54) is 7.11 Å². The molecule has 0 bridgehead atoms. The van der Waals surface area contributed by atoms with E-state index in [9.17, 15) is 4.79 Å². The Morgan fingerprint density at radius 1 is 1.67 bits per heavy atom. The Morgan fingerprint density at radius 3 is 2.87 bits per heavy atom. The van der Waals surface area contributed by atoms with Crippen molar-refractivity contribution in [2.45, 2.75) is 19.4 Å². The fourth-order valence-corrected chi connectivity index (χ4v) is 1.51. The topological polar surface area (TPSA) is 51.2 Å². The van der Waals surface area contributed by atoms with Gasteiger partial charge in [-0.2, -0.15) is 0 Å². The minimum absolute atomic E-state index is 0.308. The fraction of sp³-hybridized carbons (Fsp3) is 0.455. The average Bonchev–Trinajstić information content (AvgIpc) is 2.29. The molecule has 1 rings (SSSR count). The molecule has 1 atom stereocenters. The first kappa shape index (κ1) is 11.7. The zero-order valence-corrected chi connectivity index (χ0v) is 9.28. The van der Waals surface area contributed by atoms with Gasteiger partial charge < -0.3 is 4.74 Å². The third-order valence-corrected chi connectivity index (χ3v) is 2.36. The summed E-state index contributed by atoms with van der Waals surface area (Å²) in [7, 11) is 1.38. The predicted molar refractivity (Wildman–Crippen MR) is 57.3 cm³/mol. The van der Waals surface area contributed by atoms with Gasteiger partial charge >= 0.3 is 5.97 Å². The summed E-state index contributed by atoms with van der Waals surface area (Å²) in [5.41, 5.74) is -0.0173. The summed E-state index contributed by atoms with van der Waals surface area (Å²) in [5, 5.41) is 3.11. The van der Waals surface area contributed by atoms with Gasteiger partial charge in [0, 0.05) is 18.0 Å². The summed E-state index contributed by atoms with van der Waals surface area (Å²) >= 11 is 0. The van der Waals surface area contributed by atoms with Gasteiger partial charge in [0.25, 0.3) is 0 Å². The van der Waals surface area contributed by atoms with Crippen molar-refractivity contribution in [2.75, 3.05) is 13.7 Å². The molecule has 4 heteroatoms. The molecule has 0 aromatic carbocycles. The molecule has 1 aromatic rings. The molecule has 0 spiro atoms. The predicted octanol–water partition coefficient (Wildman–Crippen LogP) is 1.08. The number of carbonyl (C=O) groups is 1. The molecule has 0 saturated heterocycles. The van der Waals surface area contributed by atoms with Crippen LogP contribution in [0.4, 0.5) is 0 Å². The Labute approximate surface area is 89.7 Å². The van der Waals surface area contributed by atoms with Crippen molar-refractivity contribution in [3.05, 3.63) is 30.1 Å². The van der Waals surface area contributed by atoms with Crippen molar-refractivity contribution in [1.82, 2.24) is 10.3 Å². The Morgan fingerprint density at radius 2 is 2.40 bits per heavy atom. The van der Waals surface area contributed by atoms with Crippen LogP contribution in [0.25, 0.3) is 0 Å². The average molecular weight is 208 g/mol. The lowest BCUT2D eigenvalue weighted by Crippen LogP contribution is -2.47. The van der Waals surface area contributed by atoms with Crippen LogP contribution in [0.2, 0.25) is 0 Å². The number of esters is 1. The third kappa shape index (κ3) is 2.33. The normalized spacial score (nSPS) is 14.3. The van der Waals surface area contributed by atoms with Crippen LogP contribution in [0.15, 0.2) is 24.5 Å². The molecule has 0 amide bonds. The number of nitrogens with one attached hydrogen (secondary N) is 1. The van der Waals surface area contributed by atoms with Gasteiger partial charge in [0.1, 0.15) is 5.54 Å². The Balaban J connectivity index is 3.06. The summed E-state index contributed by atoms with van der Waals surface area (Å²) < 4.78 is 4.79. The van der Waals surface area contributed by atoms with E-state index in [0.29, 0.717) is 6.54 Å². The molecule has 1 aromatic heterocycles. The highest BCUT2D eigenvalue weighted by atomic mass is 16.5. The van der Waals surface area contributed by atoms with Crippen LogP contribution < -0.4 is 5.32 Å². The number of ether oxygens (including phenoxy) is 1. The number of methoxy groups -OCH3 is 1. The van der Waals surface area contributed by atoms with Crippen LogP contribution >= 0.6 is 0 Å². The fourth-order valence-electron chi connectivity index (χ4n) is 1.51. The minimum Gasteiger partial charge on any atom is -0.467 e. The highest BCUT2D eigenvalue weighted by molar-refractivity contribution is 5.81. The molecule has 0 radical (unpaired) electrons. The smallest absolute Gasteiger partial charge is 0.330 e. The van der Waals surface area contributed by atoms with E-state index in [0.717, 1.165) is 5.56 Å². The molecule has 1 N–H and O–H groups in total. The molecule has 4 nitrogen and oxygen atoms in total. The Kier molecular flexibility index (Phi) is 3.80. The Hall–Kier alpha value is -1.42. The Bertz CT molecular complexity index is 327. The first-order valence-corrected chi connectivity index (χ1v) is 4.89. The monoisotopic (exact) mass is 208 g/mol. The second-order valence-corrected chi connectivity index (χ2v) is 3.39. The standard InChI is InChI=1S/C11H16N2O2/c1-4-13-11(2,10(14)15-3)9-6-5-7-12-8-9/h5-8,13H,4H2,1-3H3. The maximum atomic E-state index is 11.7. The van der Waals surface area contributed by atoms with E-state index >= 15 is 0 Å².